The van der Waals surface area contributed by atoms with Gasteiger partial charge in [-0.3, -0.25) is 0 Å². The van der Waals surface area contributed by atoms with Crippen molar-refractivity contribution in [3.63, 3.8) is 0 Å². The van der Waals surface area contributed by atoms with Gasteiger partial charge in [-0.1, -0.05) is 25.8 Å². The third-order valence-corrected chi connectivity index (χ3v) is 2.11. The van der Waals surface area contributed by atoms with Gasteiger partial charge in [0.05, 0.1) is 6.10 Å². The van der Waals surface area contributed by atoms with Crippen molar-refractivity contribution >= 4 is 11.9 Å². The molecule has 0 radical (unpaired) electrons. The lowest BCUT2D eigenvalue weighted by atomic mass is 10.2. The molecule has 1 saturated heterocycles. The third kappa shape index (κ3) is 9.79. The van der Waals surface area contributed by atoms with Gasteiger partial charge in [0.1, 0.15) is 13.2 Å². The van der Waals surface area contributed by atoms with Crippen LogP contribution in [0.4, 0.5) is 0 Å². The molecule has 0 aliphatic carbocycles. The van der Waals surface area contributed by atoms with Gasteiger partial charge < -0.3 is 14.2 Å². The minimum atomic E-state index is -0.412. The van der Waals surface area contributed by atoms with Gasteiger partial charge in [-0.2, -0.15) is 0 Å². The zero-order chi connectivity index (χ0) is 14.5. The summed E-state index contributed by atoms with van der Waals surface area (Å²) in [5.41, 5.74) is 0. The number of hydrogen-bond donors (Lipinski definition) is 0. The van der Waals surface area contributed by atoms with Crippen LogP contribution in [-0.2, 0) is 23.8 Å². The van der Waals surface area contributed by atoms with Crippen LogP contribution in [0.3, 0.4) is 0 Å². The van der Waals surface area contributed by atoms with Crippen LogP contribution >= 0.6 is 0 Å². The lowest BCUT2D eigenvalue weighted by Crippen LogP contribution is -2.16. The Balaban J connectivity index is 0.000000362. The van der Waals surface area contributed by atoms with Crippen molar-refractivity contribution in [1.82, 2.24) is 0 Å². The summed E-state index contributed by atoms with van der Waals surface area (Å²) in [5, 5.41) is 0. The molecule has 5 heteroatoms. The summed E-state index contributed by atoms with van der Waals surface area (Å²) < 4.78 is 14.5. The summed E-state index contributed by atoms with van der Waals surface area (Å²) in [6.45, 7) is 11.3. The Morgan fingerprint density at radius 1 is 1.16 bits per heavy atom. The van der Waals surface area contributed by atoms with E-state index in [1.165, 1.54) is 6.08 Å². The van der Waals surface area contributed by atoms with Crippen molar-refractivity contribution < 1.29 is 23.8 Å². The minimum Gasteiger partial charge on any atom is -0.460 e. The molecule has 0 spiro atoms. The number of rotatable bonds is 6. The van der Waals surface area contributed by atoms with Crippen LogP contribution in [0.15, 0.2) is 38.0 Å². The van der Waals surface area contributed by atoms with Crippen molar-refractivity contribution in [2.75, 3.05) is 19.8 Å². The minimum absolute atomic E-state index is 0.110. The van der Waals surface area contributed by atoms with Crippen LogP contribution < -0.4 is 0 Å². The van der Waals surface area contributed by atoms with Gasteiger partial charge in [0.2, 0.25) is 0 Å². The van der Waals surface area contributed by atoms with Crippen LogP contribution in [0.5, 0.6) is 0 Å². The second-order valence-corrected chi connectivity index (χ2v) is 3.59. The fourth-order valence-corrected chi connectivity index (χ4v) is 1.21. The predicted octanol–water partition coefficient (Wildman–Crippen LogP) is 1.80. The molecular weight excluding hydrogens is 248 g/mol. The number of esters is 2. The highest BCUT2D eigenvalue weighted by atomic mass is 16.6. The first kappa shape index (κ1) is 17.1. The molecule has 106 valence electrons. The van der Waals surface area contributed by atoms with E-state index >= 15 is 0 Å². The lowest BCUT2D eigenvalue weighted by Gasteiger charge is -2.07. The SMILES string of the molecule is C=CC(=O)OCC1CCCO1.C=CCOC(=O)C=C. The number of carbonyl (C=O) groups excluding carboxylic acids is 2. The normalized spacial score (nSPS) is 16.5. The van der Waals surface area contributed by atoms with E-state index in [4.69, 9.17) is 9.47 Å². The first-order chi connectivity index (χ1) is 9.13. The molecule has 1 rings (SSSR count). The standard InChI is InChI=1S/C8H12O3.C6H8O2/c1-2-8(9)11-6-7-4-3-5-10-7;1-3-5-8-6(7)4-2/h2,7H,1,3-6H2;3-4H,1-2,5H2. The molecule has 19 heavy (non-hydrogen) atoms. The average Bonchev–Trinajstić information content (AvgIpc) is 2.96. The van der Waals surface area contributed by atoms with Gasteiger partial charge in [-0.05, 0) is 12.8 Å². The van der Waals surface area contributed by atoms with E-state index in [2.05, 4.69) is 24.5 Å². The first-order valence-electron chi connectivity index (χ1n) is 5.95. The van der Waals surface area contributed by atoms with Gasteiger partial charge in [-0.15, -0.1) is 0 Å². The molecule has 5 nitrogen and oxygen atoms in total. The van der Waals surface area contributed by atoms with Crippen molar-refractivity contribution in [3.05, 3.63) is 38.0 Å². The fourth-order valence-electron chi connectivity index (χ4n) is 1.21. The summed E-state index contributed by atoms with van der Waals surface area (Å²) in [6, 6.07) is 0. The second-order valence-electron chi connectivity index (χ2n) is 3.59. The Morgan fingerprint density at radius 2 is 1.79 bits per heavy atom. The van der Waals surface area contributed by atoms with Gasteiger partial charge >= 0.3 is 11.9 Å². The molecule has 1 unspecified atom stereocenters. The Bertz CT molecular complexity index is 316. The Labute approximate surface area is 113 Å². The van der Waals surface area contributed by atoms with E-state index < -0.39 is 5.97 Å². The molecule has 1 aliphatic heterocycles. The van der Waals surface area contributed by atoms with Crippen molar-refractivity contribution in [1.29, 1.82) is 0 Å². The van der Waals surface area contributed by atoms with E-state index in [1.54, 1.807) is 0 Å². The molecule has 0 saturated carbocycles. The Hall–Kier alpha value is -1.88. The maximum Gasteiger partial charge on any atom is 0.330 e. The smallest absolute Gasteiger partial charge is 0.330 e. The summed E-state index contributed by atoms with van der Waals surface area (Å²) >= 11 is 0. The van der Waals surface area contributed by atoms with Crippen molar-refractivity contribution in [3.8, 4) is 0 Å². The zero-order valence-corrected chi connectivity index (χ0v) is 11.0. The quantitative estimate of drug-likeness (QED) is 0.417. The molecule has 1 fully saturated rings. The van der Waals surface area contributed by atoms with Gasteiger partial charge in [0, 0.05) is 18.8 Å². The van der Waals surface area contributed by atoms with Crippen LogP contribution in [0.1, 0.15) is 12.8 Å². The molecule has 1 heterocycles. The van der Waals surface area contributed by atoms with Crippen molar-refractivity contribution in [2.24, 2.45) is 0 Å². The zero-order valence-electron chi connectivity index (χ0n) is 11.0. The van der Waals surface area contributed by atoms with Crippen LogP contribution in [0.25, 0.3) is 0 Å². The van der Waals surface area contributed by atoms with Gasteiger partial charge in [0.25, 0.3) is 0 Å². The van der Waals surface area contributed by atoms with E-state index in [9.17, 15) is 9.59 Å². The highest BCUT2D eigenvalue weighted by Crippen LogP contribution is 2.11. The summed E-state index contributed by atoms with van der Waals surface area (Å²) in [5.74, 6) is -0.787. The van der Waals surface area contributed by atoms with Crippen molar-refractivity contribution in [2.45, 2.75) is 18.9 Å². The third-order valence-electron chi connectivity index (χ3n) is 2.11. The van der Waals surface area contributed by atoms with Crippen LogP contribution in [0.2, 0.25) is 0 Å². The van der Waals surface area contributed by atoms with Gasteiger partial charge in [-0.25, -0.2) is 9.59 Å². The highest BCUT2D eigenvalue weighted by Gasteiger charge is 2.16. The summed E-state index contributed by atoms with van der Waals surface area (Å²) in [6.07, 6.45) is 5.94. The predicted molar refractivity (Wildman–Crippen MR) is 71.5 cm³/mol. The van der Waals surface area contributed by atoms with E-state index in [0.29, 0.717) is 6.61 Å². The van der Waals surface area contributed by atoms with Crippen LogP contribution in [-0.4, -0.2) is 37.9 Å². The molecule has 1 aliphatic rings. The number of carbonyl (C=O) groups is 2. The molecule has 0 N–H and O–H groups in total. The number of hydrogen-bond acceptors (Lipinski definition) is 5. The second kappa shape index (κ2) is 11.2. The molecule has 0 amide bonds. The summed E-state index contributed by atoms with van der Waals surface area (Å²) in [4.78, 5) is 20.8. The first-order valence-corrected chi connectivity index (χ1v) is 5.95. The molecule has 0 bridgehead atoms. The fraction of sp³-hybridized carbons (Fsp3) is 0.429. The van der Waals surface area contributed by atoms with Crippen LogP contribution in [0, 0.1) is 0 Å². The van der Waals surface area contributed by atoms with E-state index in [1.807, 2.05) is 0 Å². The monoisotopic (exact) mass is 268 g/mol. The van der Waals surface area contributed by atoms with E-state index in [0.717, 1.165) is 31.6 Å². The Morgan fingerprint density at radius 3 is 2.26 bits per heavy atom. The molecule has 0 aromatic heterocycles. The largest absolute Gasteiger partial charge is 0.460 e. The molecule has 0 aromatic carbocycles. The summed E-state index contributed by atoms with van der Waals surface area (Å²) in [7, 11) is 0. The Kier molecular flexibility index (Phi) is 10.1. The molecular formula is C14H20O5. The lowest BCUT2D eigenvalue weighted by molar-refractivity contribution is -0.141. The average molecular weight is 268 g/mol. The highest BCUT2D eigenvalue weighted by molar-refractivity contribution is 5.81. The molecule has 0 aromatic rings. The van der Waals surface area contributed by atoms with Gasteiger partial charge in [0.15, 0.2) is 0 Å². The molecule has 1 atom stereocenters. The topological polar surface area (TPSA) is 61.8 Å². The number of ether oxygens (including phenoxy) is 3. The maximum atomic E-state index is 10.6. The van der Waals surface area contributed by atoms with E-state index in [-0.39, 0.29) is 18.7 Å². The maximum absolute atomic E-state index is 10.6.